The number of nitrogens with zero attached hydrogens (tertiary/aromatic N) is 3. The summed E-state index contributed by atoms with van der Waals surface area (Å²) in [4.78, 5) is 7.70. The Morgan fingerprint density at radius 2 is 2.11 bits per heavy atom. The van der Waals surface area contributed by atoms with Gasteiger partial charge >= 0.3 is 0 Å². The van der Waals surface area contributed by atoms with E-state index in [2.05, 4.69) is 9.97 Å². The maximum atomic E-state index is 9.07. The molecule has 6 nitrogen and oxygen atoms in total. The van der Waals surface area contributed by atoms with Gasteiger partial charge in [-0.15, -0.1) is 0 Å². The molecule has 0 unspecified atom stereocenters. The summed E-state index contributed by atoms with van der Waals surface area (Å²) >= 11 is 0. The summed E-state index contributed by atoms with van der Waals surface area (Å²) in [5.41, 5.74) is 6.06. The van der Waals surface area contributed by atoms with Crippen molar-refractivity contribution in [1.29, 1.82) is 5.26 Å². The molecule has 0 fully saturated rings. The highest BCUT2D eigenvalue weighted by atomic mass is 16.5. The lowest BCUT2D eigenvalue weighted by molar-refractivity contribution is 0.450. The second-order valence-corrected chi connectivity index (χ2v) is 3.72. The van der Waals surface area contributed by atoms with E-state index in [0.29, 0.717) is 16.7 Å². The Balaban J connectivity index is 2.12. The minimum absolute atomic E-state index is 0.0957. The van der Waals surface area contributed by atoms with Crippen molar-refractivity contribution in [3.63, 3.8) is 0 Å². The van der Waals surface area contributed by atoms with Crippen molar-refractivity contribution >= 4 is 16.9 Å². The highest BCUT2D eigenvalue weighted by Crippen LogP contribution is 2.35. The van der Waals surface area contributed by atoms with Crippen LogP contribution in [0.4, 0.5) is 5.95 Å². The number of nitrogen functional groups attached to an aromatic ring is 1. The van der Waals surface area contributed by atoms with E-state index in [1.165, 1.54) is 6.20 Å². The first-order valence-corrected chi connectivity index (χ1v) is 5.46. The molecule has 92 valence electrons. The van der Waals surface area contributed by atoms with Gasteiger partial charge in [-0.3, -0.25) is 0 Å². The van der Waals surface area contributed by atoms with Gasteiger partial charge in [0.25, 0.3) is 0 Å². The van der Waals surface area contributed by atoms with Crippen molar-refractivity contribution in [2.24, 2.45) is 0 Å². The number of furan rings is 1. The average molecular weight is 252 g/mol. The van der Waals surface area contributed by atoms with Gasteiger partial charge in [-0.1, -0.05) is 12.1 Å². The van der Waals surface area contributed by atoms with Gasteiger partial charge < -0.3 is 14.9 Å². The van der Waals surface area contributed by atoms with Crippen LogP contribution in [0.1, 0.15) is 5.76 Å². The van der Waals surface area contributed by atoms with E-state index in [1.54, 1.807) is 18.2 Å². The van der Waals surface area contributed by atoms with E-state index in [-0.39, 0.29) is 17.6 Å². The number of rotatable bonds is 2. The summed E-state index contributed by atoms with van der Waals surface area (Å²) in [6, 6.07) is 10.7. The van der Waals surface area contributed by atoms with Crippen LogP contribution in [0.5, 0.6) is 11.6 Å². The normalized spacial score (nSPS) is 10.3. The highest BCUT2D eigenvalue weighted by molar-refractivity contribution is 5.86. The molecule has 0 aliphatic rings. The Hall–Kier alpha value is -3.07. The summed E-state index contributed by atoms with van der Waals surface area (Å²) in [7, 11) is 0. The predicted molar refractivity (Wildman–Crippen MR) is 67.4 cm³/mol. The third kappa shape index (κ3) is 1.93. The molecule has 2 heterocycles. The van der Waals surface area contributed by atoms with Crippen LogP contribution in [-0.4, -0.2) is 9.97 Å². The number of para-hydroxylation sites is 1. The Labute approximate surface area is 108 Å². The zero-order valence-electron chi connectivity index (χ0n) is 9.70. The Morgan fingerprint density at radius 3 is 2.89 bits per heavy atom. The van der Waals surface area contributed by atoms with Crippen LogP contribution in [0.15, 0.2) is 40.9 Å². The molecule has 0 bridgehead atoms. The van der Waals surface area contributed by atoms with Gasteiger partial charge in [0.05, 0.1) is 5.39 Å². The first-order valence-electron chi connectivity index (χ1n) is 5.46. The fourth-order valence-electron chi connectivity index (χ4n) is 1.71. The zero-order valence-corrected chi connectivity index (χ0v) is 9.70. The lowest BCUT2D eigenvalue weighted by atomic mass is 10.2. The van der Waals surface area contributed by atoms with Gasteiger partial charge in [-0.25, -0.2) is 4.98 Å². The number of aromatic nitrogens is 2. The molecule has 0 aliphatic carbocycles. The molecule has 0 amide bonds. The predicted octanol–water partition coefficient (Wildman–Crippen LogP) is 2.47. The molecule has 0 saturated heterocycles. The summed E-state index contributed by atoms with van der Waals surface area (Å²) in [6.07, 6.45) is 1.48. The molecule has 0 saturated carbocycles. The van der Waals surface area contributed by atoms with Crippen LogP contribution in [0.3, 0.4) is 0 Å². The van der Waals surface area contributed by atoms with Gasteiger partial charge in [-0.2, -0.15) is 10.2 Å². The van der Waals surface area contributed by atoms with Gasteiger partial charge in [0.2, 0.25) is 17.6 Å². The molecule has 19 heavy (non-hydrogen) atoms. The number of nitrogens with two attached hydrogens (primary N) is 1. The van der Waals surface area contributed by atoms with Gasteiger partial charge in [-0.05, 0) is 12.1 Å². The van der Waals surface area contributed by atoms with Crippen molar-refractivity contribution in [1.82, 2.24) is 9.97 Å². The lowest BCUT2D eigenvalue weighted by Crippen LogP contribution is -1.96. The topological polar surface area (TPSA) is 98.0 Å². The minimum Gasteiger partial charge on any atom is -0.442 e. The first kappa shape index (κ1) is 11.0. The molecule has 0 aliphatic heterocycles. The third-order valence-electron chi connectivity index (χ3n) is 2.51. The van der Waals surface area contributed by atoms with Crippen molar-refractivity contribution in [3.05, 3.63) is 42.3 Å². The summed E-state index contributed by atoms with van der Waals surface area (Å²) in [6.45, 7) is 0. The van der Waals surface area contributed by atoms with E-state index in [0.717, 1.165) is 0 Å². The number of anilines is 1. The molecule has 3 aromatic rings. The summed E-state index contributed by atoms with van der Waals surface area (Å²) < 4.78 is 11.0. The van der Waals surface area contributed by atoms with Crippen molar-refractivity contribution < 1.29 is 9.15 Å². The molecule has 2 N–H and O–H groups in total. The van der Waals surface area contributed by atoms with E-state index in [9.17, 15) is 0 Å². The molecular weight excluding hydrogens is 244 g/mol. The number of hydrogen-bond donors (Lipinski definition) is 1. The van der Waals surface area contributed by atoms with Crippen molar-refractivity contribution in [3.8, 4) is 17.7 Å². The number of hydrogen-bond acceptors (Lipinski definition) is 6. The number of benzene rings is 1. The molecule has 0 atom stereocenters. The van der Waals surface area contributed by atoms with Gasteiger partial charge in [0.1, 0.15) is 11.7 Å². The first-order chi connectivity index (χ1) is 9.28. The van der Waals surface area contributed by atoms with Crippen LogP contribution in [0.25, 0.3) is 11.0 Å². The van der Waals surface area contributed by atoms with E-state index in [1.807, 2.05) is 18.2 Å². The van der Waals surface area contributed by atoms with Crippen LogP contribution in [0.2, 0.25) is 0 Å². The van der Waals surface area contributed by atoms with Crippen molar-refractivity contribution in [2.45, 2.75) is 0 Å². The highest BCUT2D eigenvalue weighted by Gasteiger charge is 2.16. The molecular formula is C13H8N4O2. The monoisotopic (exact) mass is 252 g/mol. The number of fused-ring (bicyclic) bond motifs is 1. The summed E-state index contributed by atoms with van der Waals surface area (Å²) in [5.74, 6) is 0.786. The molecule has 1 aromatic carbocycles. The maximum absolute atomic E-state index is 9.07. The molecule has 3 rings (SSSR count). The second kappa shape index (κ2) is 4.31. The smallest absolute Gasteiger partial charge is 0.247 e. The van der Waals surface area contributed by atoms with Crippen molar-refractivity contribution in [2.75, 3.05) is 5.73 Å². The fourth-order valence-corrected chi connectivity index (χ4v) is 1.71. The lowest BCUT2D eigenvalue weighted by Gasteiger charge is -2.02. The van der Waals surface area contributed by atoms with Crippen LogP contribution in [-0.2, 0) is 0 Å². The van der Waals surface area contributed by atoms with Gasteiger partial charge in [0.15, 0.2) is 5.75 Å². The van der Waals surface area contributed by atoms with Crippen LogP contribution >= 0.6 is 0 Å². The molecule has 0 radical (unpaired) electrons. The quantitative estimate of drug-likeness (QED) is 0.752. The molecule has 0 spiro atoms. The van der Waals surface area contributed by atoms with Gasteiger partial charge in [0, 0.05) is 12.3 Å². The molecule has 2 aromatic heterocycles. The standard InChI is InChI=1S/C13H8N4O2/c14-7-10-12(8-3-1-2-4-9(8)18-10)19-11-5-6-16-13(15)17-11/h1-6H,(H2,15,16,17). The zero-order chi connectivity index (χ0) is 13.2. The van der Waals surface area contributed by atoms with E-state index >= 15 is 0 Å². The van der Waals surface area contributed by atoms with E-state index < -0.39 is 0 Å². The Bertz CT molecular complexity index is 789. The SMILES string of the molecule is N#Cc1oc2ccccc2c1Oc1ccnc(N)n1. The Kier molecular flexibility index (Phi) is 2.50. The summed E-state index contributed by atoms with van der Waals surface area (Å²) in [5, 5.41) is 9.78. The number of ether oxygens (including phenoxy) is 1. The van der Waals surface area contributed by atoms with Crippen LogP contribution in [0, 0.1) is 11.3 Å². The maximum Gasteiger partial charge on any atom is 0.247 e. The third-order valence-corrected chi connectivity index (χ3v) is 2.51. The molecule has 6 heteroatoms. The minimum atomic E-state index is 0.0957. The Morgan fingerprint density at radius 1 is 1.26 bits per heavy atom. The van der Waals surface area contributed by atoms with Crippen LogP contribution < -0.4 is 10.5 Å². The average Bonchev–Trinajstić information content (AvgIpc) is 2.77. The van der Waals surface area contributed by atoms with E-state index in [4.69, 9.17) is 20.1 Å². The fraction of sp³-hybridized carbons (Fsp3) is 0. The number of nitriles is 1. The largest absolute Gasteiger partial charge is 0.442 e. The second-order valence-electron chi connectivity index (χ2n) is 3.72.